The molecule has 0 fully saturated rings. The minimum atomic E-state index is -0.587. The monoisotopic (exact) mass is 455 g/mol. The molecule has 31 heavy (non-hydrogen) atoms. The van der Waals surface area contributed by atoms with Gasteiger partial charge in [-0.25, -0.2) is 10.2 Å². The molecule has 0 aromatic heterocycles. The zero-order chi connectivity index (χ0) is 22.2. The van der Waals surface area contributed by atoms with E-state index in [2.05, 4.69) is 15.8 Å². The predicted octanol–water partition coefficient (Wildman–Crippen LogP) is 5.08. The van der Waals surface area contributed by atoms with Gasteiger partial charge in [0.1, 0.15) is 5.75 Å². The summed E-state index contributed by atoms with van der Waals surface area (Å²) >= 11 is 11.9. The first-order valence-electron chi connectivity index (χ1n) is 9.30. The number of nitrogens with one attached hydrogen (secondary N) is 2. The maximum Gasteiger partial charge on any atom is 0.345 e. The average Bonchev–Trinajstić information content (AvgIpc) is 2.73. The number of anilines is 1. The summed E-state index contributed by atoms with van der Waals surface area (Å²) in [5.74, 6) is -0.515. The molecule has 0 aliphatic rings. The standard InChI is InChI=1S/C23H19Cl2N3O3/c1-15-3-2-4-18(11-15)26-14-22(29)28-27-13-16-5-8-19(9-6-16)31-23(30)20-10-7-17(24)12-21(20)25/h2-13,26H,14H2,1H3,(H,28,29)/b27-13-. The lowest BCUT2D eigenvalue weighted by atomic mass is 10.2. The number of ether oxygens (including phenoxy) is 1. The van der Waals surface area contributed by atoms with Crippen molar-refractivity contribution in [2.45, 2.75) is 6.92 Å². The van der Waals surface area contributed by atoms with Crippen LogP contribution >= 0.6 is 23.2 Å². The molecule has 0 radical (unpaired) electrons. The van der Waals surface area contributed by atoms with Crippen LogP contribution in [0.1, 0.15) is 21.5 Å². The highest BCUT2D eigenvalue weighted by atomic mass is 35.5. The number of halogens is 2. The van der Waals surface area contributed by atoms with Gasteiger partial charge in [-0.3, -0.25) is 4.79 Å². The van der Waals surface area contributed by atoms with Gasteiger partial charge in [-0.2, -0.15) is 5.10 Å². The fourth-order valence-corrected chi connectivity index (χ4v) is 3.08. The summed E-state index contributed by atoms with van der Waals surface area (Å²) in [6.45, 7) is 2.08. The van der Waals surface area contributed by atoms with Crippen molar-refractivity contribution in [2.75, 3.05) is 11.9 Å². The van der Waals surface area contributed by atoms with Crippen LogP contribution in [-0.4, -0.2) is 24.6 Å². The van der Waals surface area contributed by atoms with Crippen LogP contribution in [-0.2, 0) is 4.79 Å². The lowest BCUT2D eigenvalue weighted by Crippen LogP contribution is -2.25. The number of amides is 1. The molecule has 3 aromatic carbocycles. The Kier molecular flexibility index (Phi) is 7.65. The van der Waals surface area contributed by atoms with Crippen molar-refractivity contribution in [3.8, 4) is 5.75 Å². The maximum atomic E-state index is 12.2. The highest BCUT2D eigenvalue weighted by Crippen LogP contribution is 2.23. The molecule has 6 nitrogen and oxygen atoms in total. The number of nitrogens with zero attached hydrogens (tertiary/aromatic N) is 1. The summed E-state index contributed by atoms with van der Waals surface area (Å²) in [7, 11) is 0. The average molecular weight is 456 g/mol. The minimum Gasteiger partial charge on any atom is -0.423 e. The Balaban J connectivity index is 1.48. The first-order chi connectivity index (χ1) is 14.9. The Morgan fingerprint density at radius 2 is 1.81 bits per heavy atom. The van der Waals surface area contributed by atoms with Gasteiger partial charge >= 0.3 is 5.97 Å². The fraction of sp³-hybridized carbons (Fsp3) is 0.0870. The summed E-state index contributed by atoms with van der Waals surface area (Å²) in [6, 6.07) is 18.9. The number of hydrogen-bond acceptors (Lipinski definition) is 5. The lowest BCUT2D eigenvalue weighted by Gasteiger charge is -2.06. The molecule has 158 valence electrons. The summed E-state index contributed by atoms with van der Waals surface area (Å²) in [5, 5.41) is 7.61. The Bertz CT molecular complexity index is 1120. The van der Waals surface area contributed by atoms with Gasteiger partial charge in [0, 0.05) is 10.7 Å². The van der Waals surface area contributed by atoms with E-state index in [1.54, 1.807) is 30.3 Å². The molecule has 0 saturated carbocycles. The highest BCUT2D eigenvalue weighted by Gasteiger charge is 2.13. The minimum absolute atomic E-state index is 0.100. The van der Waals surface area contributed by atoms with Gasteiger partial charge in [-0.15, -0.1) is 0 Å². The predicted molar refractivity (Wildman–Crippen MR) is 123 cm³/mol. The first kappa shape index (κ1) is 22.3. The fourth-order valence-electron chi connectivity index (χ4n) is 2.59. The third-order valence-electron chi connectivity index (χ3n) is 4.12. The largest absolute Gasteiger partial charge is 0.423 e. The van der Waals surface area contributed by atoms with Gasteiger partial charge in [0.05, 0.1) is 23.3 Å². The third-order valence-corrected chi connectivity index (χ3v) is 4.66. The molecule has 1 amide bonds. The summed E-state index contributed by atoms with van der Waals surface area (Å²) in [5.41, 5.74) is 5.36. The van der Waals surface area contributed by atoms with E-state index < -0.39 is 5.97 Å². The number of hydrazone groups is 1. The summed E-state index contributed by atoms with van der Waals surface area (Å²) in [6.07, 6.45) is 1.49. The number of carbonyl (C=O) groups is 2. The van der Waals surface area contributed by atoms with Crippen molar-refractivity contribution in [1.29, 1.82) is 0 Å². The van der Waals surface area contributed by atoms with Crippen LogP contribution in [0, 0.1) is 6.92 Å². The molecule has 2 N–H and O–H groups in total. The molecule has 0 saturated heterocycles. The van der Waals surface area contributed by atoms with Gasteiger partial charge in [0.25, 0.3) is 5.91 Å². The van der Waals surface area contributed by atoms with E-state index >= 15 is 0 Å². The van der Waals surface area contributed by atoms with Crippen molar-refractivity contribution >= 4 is 47.0 Å². The Morgan fingerprint density at radius 1 is 1.03 bits per heavy atom. The van der Waals surface area contributed by atoms with E-state index in [9.17, 15) is 9.59 Å². The lowest BCUT2D eigenvalue weighted by molar-refractivity contribution is -0.119. The number of rotatable bonds is 7. The van der Waals surface area contributed by atoms with Crippen LogP contribution in [0.2, 0.25) is 10.0 Å². The van der Waals surface area contributed by atoms with E-state index in [1.807, 2.05) is 31.2 Å². The highest BCUT2D eigenvalue weighted by molar-refractivity contribution is 6.36. The summed E-state index contributed by atoms with van der Waals surface area (Å²) in [4.78, 5) is 24.1. The molecule has 0 spiro atoms. The van der Waals surface area contributed by atoms with Crippen LogP contribution in [0.15, 0.2) is 71.8 Å². The van der Waals surface area contributed by atoms with Crippen molar-refractivity contribution in [3.05, 3.63) is 93.5 Å². The molecular weight excluding hydrogens is 437 g/mol. The van der Waals surface area contributed by atoms with Crippen LogP contribution in [0.25, 0.3) is 0 Å². The first-order valence-corrected chi connectivity index (χ1v) is 10.1. The van der Waals surface area contributed by atoms with Crippen LogP contribution in [0.5, 0.6) is 5.75 Å². The number of aryl methyl sites for hydroxylation is 1. The van der Waals surface area contributed by atoms with E-state index in [-0.39, 0.29) is 23.0 Å². The second kappa shape index (κ2) is 10.6. The Hall–Kier alpha value is -3.35. The van der Waals surface area contributed by atoms with Crippen LogP contribution in [0.4, 0.5) is 5.69 Å². The number of carbonyl (C=O) groups excluding carboxylic acids is 2. The number of benzene rings is 3. The smallest absolute Gasteiger partial charge is 0.345 e. The SMILES string of the molecule is Cc1cccc(NCC(=O)N/N=C\c2ccc(OC(=O)c3ccc(Cl)cc3Cl)cc2)c1. The van der Waals surface area contributed by atoms with Crippen molar-refractivity contribution in [3.63, 3.8) is 0 Å². The second-order valence-electron chi connectivity index (χ2n) is 6.60. The van der Waals surface area contributed by atoms with Crippen molar-refractivity contribution < 1.29 is 14.3 Å². The Morgan fingerprint density at radius 3 is 2.52 bits per heavy atom. The van der Waals surface area contributed by atoms with E-state index in [0.29, 0.717) is 10.8 Å². The molecule has 0 aliphatic heterocycles. The second-order valence-corrected chi connectivity index (χ2v) is 7.44. The van der Waals surface area contributed by atoms with Crippen LogP contribution < -0.4 is 15.5 Å². The van der Waals surface area contributed by atoms with Crippen LogP contribution in [0.3, 0.4) is 0 Å². The van der Waals surface area contributed by atoms with E-state index in [1.165, 1.54) is 18.3 Å². The van der Waals surface area contributed by atoms with Gasteiger partial charge in [0.15, 0.2) is 0 Å². The molecule has 0 unspecified atom stereocenters. The van der Waals surface area contributed by atoms with E-state index in [0.717, 1.165) is 16.8 Å². The molecule has 3 rings (SSSR count). The third kappa shape index (κ3) is 6.84. The van der Waals surface area contributed by atoms with Crippen molar-refractivity contribution in [1.82, 2.24) is 5.43 Å². The van der Waals surface area contributed by atoms with Gasteiger partial charge < -0.3 is 10.1 Å². The molecule has 0 heterocycles. The molecular formula is C23H19Cl2N3O3. The van der Waals surface area contributed by atoms with E-state index in [4.69, 9.17) is 27.9 Å². The van der Waals surface area contributed by atoms with Gasteiger partial charge in [0.2, 0.25) is 0 Å². The Labute approximate surface area is 189 Å². The maximum absolute atomic E-state index is 12.2. The van der Waals surface area contributed by atoms with Crippen molar-refractivity contribution in [2.24, 2.45) is 5.10 Å². The summed E-state index contributed by atoms with van der Waals surface area (Å²) < 4.78 is 5.31. The zero-order valence-corrected chi connectivity index (χ0v) is 18.1. The normalized spacial score (nSPS) is 10.7. The molecule has 8 heteroatoms. The van der Waals surface area contributed by atoms with Gasteiger partial charge in [-0.05, 0) is 72.6 Å². The topological polar surface area (TPSA) is 79.8 Å². The zero-order valence-electron chi connectivity index (χ0n) is 16.6. The van der Waals surface area contributed by atoms with Gasteiger partial charge in [-0.1, -0.05) is 35.3 Å². The molecule has 0 aliphatic carbocycles. The number of hydrogen-bond donors (Lipinski definition) is 2. The number of esters is 1. The molecule has 3 aromatic rings. The molecule has 0 atom stereocenters. The molecule has 0 bridgehead atoms. The quantitative estimate of drug-likeness (QED) is 0.225.